The average molecular weight is 466 g/mol. The summed E-state index contributed by atoms with van der Waals surface area (Å²) in [5.41, 5.74) is 4.57. The molecule has 0 bridgehead atoms. The third-order valence-corrected chi connectivity index (χ3v) is 5.55. The SMILES string of the molecule is OP(O)Oc1ccccc1-c1c(OP(O)O)ccc(-c2ccccc2)c1-c1ccccc1. The molecule has 4 rings (SSSR count). The number of rotatable bonds is 7. The third-order valence-electron chi connectivity index (χ3n) is 4.83. The van der Waals surface area contributed by atoms with E-state index in [0.717, 1.165) is 22.3 Å². The fourth-order valence-corrected chi connectivity index (χ4v) is 4.28. The standard InChI is InChI=1S/C24H20O6P2/c25-31(26)29-21-14-8-7-13-20(21)24-22(30-32(27)28)16-15-19(17-9-3-1-4-10-17)23(24)18-11-5-2-6-12-18/h1-16,25-28H. The minimum absolute atomic E-state index is 0.232. The summed E-state index contributed by atoms with van der Waals surface area (Å²) in [5.74, 6) is 0.465. The van der Waals surface area contributed by atoms with Crippen molar-refractivity contribution in [2.45, 2.75) is 0 Å². The van der Waals surface area contributed by atoms with Gasteiger partial charge in [0.25, 0.3) is 0 Å². The van der Waals surface area contributed by atoms with Gasteiger partial charge in [-0.2, -0.15) is 0 Å². The van der Waals surface area contributed by atoms with Gasteiger partial charge in [-0.1, -0.05) is 84.9 Å². The molecule has 0 aliphatic heterocycles. The van der Waals surface area contributed by atoms with Crippen LogP contribution in [0.15, 0.2) is 97.1 Å². The topological polar surface area (TPSA) is 99.4 Å². The lowest BCUT2D eigenvalue weighted by atomic mass is 9.87. The second kappa shape index (κ2) is 10.2. The Hall–Kier alpha value is -2.82. The summed E-state index contributed by atoms with van der Waals surface area (Å²) in [6.07, 6.45) is 0. The molecule has 0 saturated heterocycles. The van der Waals surface area contributed by atoms with Crippen molar-refractivity contribution in [3.05, 3.63) is 97.1 Å². The van der Waals surface area contributed by atoms with E-state index >= 15 is 0 Å². The first kappa shape index (κ1) is 22.4. The molecule has 0 aromatic heterocycles. The molecule has 0 saturated carbocycles. The summed E-state index contributed by atoms with van der Waals surface area (Å²) in [7, 11) is -5.35. The lowest BCUT2D eigenvalue weighted by Gasteiger charge is -2.22. The Morgan fingerprint density at radius 3 is 1.59 bits per heavy atom. The maximum atomic E-state index is 9.63. The molecule has 6 nitrogen and oxygen atoms in total. The van der Waals surface area contributed by atoms with Gasteiger partial charge >= 0.3 is 17.2 Å². The first-order valence-electron chi connectivity index (χ1n) is 9.63. The molecule has 8 heteroatoms. The van der Waals surface area contributed by atoms with E-state index in [-0.39, 0.29) is 11.5 Å². The quantitative estimate of drug-likeness (QED) is 0.254. The van der Waals surface area contributed by atoms with Crippen molar-refractivity contribution in [1.82, 2.24) is 0 Å². The van der Waals surface area contributed by atoms with Gasteiger partial charge in [-0.3, -0.25) is 0 Å². The third kappa shape index (κ3) is 4.98. The number of hydrogen-bond donors (Lipinski definition) is 4. The van der Waals surface area contributed by atoms with Gasteiger partial charge < -0.3 is 28.6 Å². The molecule has 0 aliphatic carbocycles. The maximum absolute atomic E-state index is 9.63. The lowest BCUT2D eigenvalue weighted by molar-refractivity contribution is 0.372. The van der Waals surface area contributed by atoms with Crippen LogP contribution >= 0.6 is 17.2 Å². The Morgan fingerprint density at radius 1 is 0.438 bits per heavy atom. The van der Waals surface area contributed by atoms with Crippen molar-refractivity contribution in [3.8, 4) is 44.9 Å². The van der Waals surface area contributed by atoms with Crippen LogP contribution in [-0.2, 0) is 0 Å². The van der Waals surface area contributed by atoms with Crippen LogP contribution in [0.2, 0.25) is 0 Å². The highest BCUT2D eigenvalue weighted by molar-refractivity contribution is 7.40. The lowest BCUT2D eigenvalue weighted by Crippen LogP contribution is -1.97. The molecule has 4 aromatic carbocycles. The van der Waals surface area contributed by atoms with E-state index < -0.39 is 17.2 Å². The molecule has 162 valence electrons. The average Bonchev–Trinajstić information content (AvgIpc) is 2.80. The van der Waals surface area contributed by atoms with E-state index in [0.29, 0.717) is 11.1 Å². The molecule has 32 heavy (non-hydrogen) atoms. The summed E-state index contributed by atoms with van der Waals surface area (Å²) in [6, 6.07) is 29.8. The highest BCUT2D eigenvalue weighted by Gasteiger charge is 2.23. The van der Waals surface area contributed by atoms with Crippen LogP contribution in [-0.4, -0.2) is 19.6 Å². The van der Waals surface area contributed by atoms with Crippen molar-refractivity contribution in [2.24, 2.45) is 0 Å². The largest absolute Gasteiger partial charge is 0.426 e. The fraction of sp³-hybridized carbons (Fsp3) is 0. The first-order valence-corrected chi connectivity index (χ1v) is 12.0. The molecule has 0 amide bonds. The van der Waals surface area contributed by atoms with E-state index in [1.165, 1.54) is 0 Å². The van der Waals surface area contributed by atoms with Crippen LogP contribution in [0.4, 0.5) is 0 Å². The Bertz CT molecular complexity index is 1180. The molecule has 0 heterocycles. The Labute approximate surface area is 188 Å². The zero-order valence-corrected chi connectivity index (χ0v) is 18.5. The molecular weight excluding hydrogens is 446 g/mol. The first-order chi connectivity index (χ1) is 15.5. The number of hydrogen-bond acceptors (Lipinski definition) is 6. The van der Waals surface area contributed by atoms with Crippen LogP contribution in [0.1, 0.15) is 0 Å². The number of para-hydroxylation sites is 1. The van der Waals surface area contributed by atoms with E-state index in [4.69, 9.17) is 9.05 Å². The molecule has 4 N–H and O–H groups in total. The van der Waals surface area contributed by atoms with Gasteiger partial charge in [-0.05, 0) is 28.8 Å². The van der Waals surface area contributed by atoms with E-state index in [1.807, 2.05) is 66.7 Å². The zero-order chi connectivity index (χ0) is 22.5. The number of benzene rings is 4. The fourth-order valence-electron chi connectivity index (χ4n) is 3.62. The predicted molar refractivity (Wildman–Crippen MR) is 127 cm³/mol. The van der Waals surface area contributed by atoms with Crippen LogP contribution in [0.25, 0.3) is 33.4 Å². The second-order valence-electron chi connectivity index (χ2n) is 6.78. The molecule has 0 radical (unpaired) electrons. The van der Waals surface area contributed by atoms with Gasteiger partial charge in [0.2, 0.25) is 0 Å². The molecule has 0 fully saturated rings. The molecular formula is C24H20O6P2. The van der Waals surface area contributed by atoms with Gasteiger partial charge in [0, 0.05) is 16.7 Å². The van der Waals surface area contributed by atoms with Gasteiger partial charge in [0.05, 0.1) is 0 Å². The normalized spacial score (nSPS) is 11.1. The van der Waals surface area contributed by atoms with Crippen molar-refractivity contribution in [3.63, 3.8) is 0 Å². The Balaban J connectivity index is 2.09. The van der Waals surface area contributed by atoms with E-state index in [2.05, 4.69) is 0 Å². The van der Waals surface area contributed by atoms with Crippen LogP contribution in [0, 0.1) is 0 Å². The Kier molecular flexibility index (Phi) is 7.13. The van der Waals surface area contributed by atoms with E-state index in [1.54, 1.807) is 30.3 Å². The van der Waals surface area contributed by atoms with Gasteiger partial charge in [-0.15, -0.1) is 0 Å². The summed E-state index contributed by atoms with van der Waals surface area (Å²) >= 11 is 0. The van der Waals surface area contributed by atoms with E-state index in [9.17, 15) is 19.6 Å². The minimum Gasteiger partial charge on any atom is -0.426 e. The zero-order valence-electron chi connectivity index (χ0n) is 16.7. The summed E-state index contributed by atoms with van der Waals surface area (Å²) in [6.45, 7) is 0. The van der Waals surface area contributed by atoms with Crippen molar-refractivity contribution in [2.75, 3.05) is 0 Å². The van der Waals surface area contributed by atoms with Gasteiger partial charge in [0.1, 0.15) is 11.5 Å². The molecule has 4 aromatic rings. The molecule has 0 aliphatic rings. The smallest absolute Gasteiger partial charge is 0.391 e. The monoisotopic (exact) mass is 466 g/mol. The summed E-state index contributed by atoms with van der Waals surface area (Å²) in [5, 5.41) is 0. The second-order valence-corrected chi connectivity index (χ2v) is 8.15. The molecule has 0 unspecified atom stereocenters. The van der Waals surface area contributed by atoms with Crippen LogP contribution in [0.3, 0.4) is 0 Å². The molecule has 0 spiro atoms. The highest BCUT2D eigenvalue weighted by Crippen LogP contribution is 2.50. The Morgan fingerprint density at radius 2 is 0.969 bits per heavy atom. The minimum atomic E-state index is -2.69. The highest BCUT2D eigenvalue weighted by atomic mass is 31.2. The maximum Gasteiger partial charge on any atom is 0.391 e. The van der Waals surface area contributed by atoms with Crippen LogP contribution in [0.5, 0.6) is 11.5 Å². The predicted octanol–water partition coefficient (Wildman–Crippen LogP) is 5.87. The van der Waals surface area contributed by atoms with Crippen LogP contribution < -0.4 is 9.05 Å². The van der Waals surface area contributed by atoms with Crippen molar-refractivity contribution in [1.29, 1.82) is 0 Å². The molecule has 0 atom stereocenters. The summed E-state index contributed by atoms with van der Waals surface area (Å²) in [4.78, 5) is 38.3. The summed E-state index contributed by atoms with van der Waals surface area (Å²) < 4.78 is 10.7. The van der Waals surface area contributed by atoms with Crippen molar-refractivity contribution >= 4 is 17.2 Å². The van der Waals surface area contributed by atoms with Gasteiger partial charge in [0.15, 0.2) is 0 Å². The van der Waals surface area contributed by atoms with Gasteiger partial charge in [-0.25, -0.2) is 0 Å². The van der Waals surface area contributed by atoms with Crippen molar-refractivity contribution < 1.29 is 28.6 Å².